The summed E-state index contributed by atoms with van der Waals surface area (Å²) >= 11 is 0. The van der Waals surface area contributed by atoms with Crippen LogP contribution in [0.15, 0.2) is 12.1 Å². The van der Waals surface area contributed by atoms with Crippen LogP contribution in [0.1, 0.15) is 10.4 Å². The van der Waals surface area contributed by atoms with Crippen molar-refractivity contribution in [3.05, 3.63) is 27.8 Å². The van der Waals surface area contributed by atoms with E-state index < -0.39 is 16.5 Å². The zero-order chi connectivity index (χ0) is 14.4. The molecule has 1 rings (SSSR count). The summed E-state index contributed by atoms with van der Waals surface area (Å²) in [6, 6.07) is 2.62. The van der Waals surface area contributed by atoms with Gasteiger partial charge in [-0.15, -0.1) is 0 Å². The molecule has 104 valence electrons. The van der Waals surface area contributed by atoms with Crippen LogP contribution in [0, 0.1) is 10.1 Å². The number of hydrogen-bond acceptors (Lipinski definition) is 6. The van der Waals surface area contributed by atoms with Crippen molar-refractivity contribution >= 4 is 11.6 Å². The van der Waals surface area contributed by atoms with Gasteiger partial charge in [-0.2, -0.15) is 0 Å². The maximum atomic E-state index is 11.2. The predicted octanol–water partition coefficient (Wildman–Crippen LogP) is 0.728. The predicted molar refractivity (Wildman–Crippen MR) is 65.5 cm³/mol. The van der Waals surface area contributed by atoms with Crippen LogP contribution in [0.5, 0.6) is 11.5 Å². The number of ether oxygens (including phenoxy) is 3. The molecule has 0 aliphatic rings. The number of nitrogens with zero attached hydrogens (tertiary/aromatic N) is 1. The number of nitro groups is 1. The van der Waals surface area contributed by atoms with Gasteiger partial charge in [0, 0.05) is 7.11 Å². The Labute approximate surface area is 109 Å². The highest BCUT2D eigenvalue weighted by Gasteiger charge is 2.27. The topological polar surface area (TPSA) is 114 Å². The Kier molecular flexibility index (Phi) is 5.07. The normalized spacial score (nSPS) is 10.0. The van der Waals surface area contributed by atoms with Crippen LogP contribution in [0.3, 0.4) is 0 Å². The third-order valence-corrected chi connectivity index (χ3v) is 2.29. The van der Waals surface area contributed by atoms with Crippen molar-refractivity contribution in [1.82, 2.24) is 0 Å². The second-order valence-electron chi connectivity index (χ2n) is 3.46. The van der Waals surface area contributed by atoms with Crippen molar-refractivity contribution < 1.29 is 23.9 Å². The molecule has 1 aromatic carbocycles. The lowest BCUT2D eigenvalue weighted by Gasteiger charge is -2.11. The van der Waals surface area contributed by atoms with E-state index in [0.717, 1.165) is 0 Å². The molecule has 0 saturated carbocycles. The molecule has 0 radical (unpaired) electrons. The molecule has 0 aliphatic carbocycles. The number of benzene rings is 1. The van der Waals surface area contributed by atoms with Gasteiger partial charge in [-0.05, 0) is 12.1 Å². The largest absolute Gasteiger partial charge is 0.488 e. The fraction of sp³-hybridized carbons (Fsp3) is 0.364. The highest BCUT2D eigenvalue weighted by atomic mass is 16.6. The Morgan fingerprint density at radius 2 is 2.05 bits per heavy atom. The van der Waals surface area contributed by atoms with Crippen LogP contribution in [0.2, 0.25) is 0 Å². The van der Waals surface area contributed by atoms with Crippen LogP contribution >= 0.6 is 0 Å². The van der Waals surface area contributed by atoms with Crippen LogP contribution in [-0.2, 0) is 4.74 Å². The van der Waals surface area contributed by atoms with E-state index in [9.17, 15) is 14.9 Å². The van der Waals surface area contributed by atoms with Gasteiger partial charge in [-0.25, -0.2) is 0 Å². The molecular weight excluding hydrogens is 256 g/mol. The van der Waals surface area contributed by atoms with E-state index in [2.05, 4.69) is 0 Å². The van der Waals surface area contributed by atoms with Gasteiger partial charge in [-0.3, -0.25) is 14.9 Å². The maximum Gasteiger partial charge on any atom is 0.327 e. The first-order valence-corrected chi connectivity index (χ1v) is 5.29. The van der Waals surface area contributed by atoms with Gasteiger partial charge < -0.3 is 19.9 Å². The van der Waals surface area contributed by atoms with Gasteiger partial charge in [0.2, 0.25) is 5.75 Å². The third-order valence-electron chi connectivity index (χ3n) is 2.29. The Balaban J connectivity index is 3.24. The molecule has 0 fully saturated rings. The second kappa shape index (κ2) is 6.55. The summed E-state index contributed by atoms with van der Waals surface area (Å²) < 4.78 is 15.0. The van der Waals surface area contributed by atoms with Crippen LogP contribution in [0.25, 0.3) is 0 Å². The van der Waals surface area contributed by atoms with E-state index in [4.69, 9.17) is 19.9 Å². The van der Waals surface area contributed by atoms with Gasteiger partial charge in [0.05, 0.1) is 18.6 Å². The van der Waals surface area contributed by atoms with E-state index in [1.807, 2.05) is 0 Å². The highest BCUT2D eigenvalue weighted by Crippen LogP contribution is 2.39. The van der Waals surface area contributed by atoms with Gasteiger partial charge in [0.1, 0.15) is 12.2 Å². The number of methoxy groups -OCH3 is 2. The van der Waals surface area contributed by atoms with Crippen molar-refractivity contribution in [2.75, 3.05) is 27.4 Å². The lowest BCUT2D eigenvalue weighted by molar-refractivity contribution is -0.386. The number of rotatable bonds is 7. The number of nitro benzene ring substituents is 1. The lowest BCUT2D eigenvalue weighted by atomic mass is 10.1. The first-order chi connectivity index (χ1) is 9.02. The molecule has 1 aromatic rings. The number of carbonyl (C=O) groups excluding carboxylic acids is 1. The molecule has 8 heteroatoms. The SMILES string of the molecule is COCCOc1ccc(C(N)=O)c([N+](=O)[O-])c1OC. The van der Waals surface area contributed by atoms with E-state index in [1.54, 1.807) is 0 Å². The first kappa shape index (κ1) is 14.7. The van der Waals surface area contributed by atoms with Crippen molar-refractivity contribution in [1.29, 1.82) is 0 Å². The van der Waals surface area contributed by atoms with Gasteiger partial charge in [-0.1, -0.05) is 0 Å². The van der Waals surface area contributed by atoms with Crippen LogP contribution < -0.4 is 15.2 Å². The molecule has 0 atom stereocenters. The van der Waals surface area contributed by atoms with Crippen LogP contribution in [0.4, 0.5) is 5.69 Å². The quantitative estimate of drug-likeness (QED) is 0.443. The summed E-state index contributed by atoms with van der Waals surface area (Å²) in [6.07, 6.45) is 0. The minimum atomic E-state index is -0.909. The van der Waals surface area contributed by atoms with E-state index in [1.165, 1.54) is 26.4 Å². The molecule has 1 amide bonds. The lowest BCUT2D eigenvalue weighted by Crippen LogP contribution is -2.15. The molecule has 0 unspecified atom stereocenters. The van der Waals surface area contributed by atoms with E-state index in [0.29, 0.717) is 6.61 Å². The summed E-state index contributed by atoms with van der Waals surface area (Å²) in [5.74, 6) is -0.901. The molecule has 0 aliphatic heterocycles. The number of primary amides is 1. The minimum absolute atomic E-state index is 0.141. The molecule has 8 nitrogen and oxygen atoms in total. The van der Waals surface area contributed by atoms with Gasteiger partial charge in [0.25, 0.3) is 5.91 Å². The molecule has 2 N–H and O–H groups in total. The Bertz CT molecular complexity index is 488. The number of nitrogens with two attached hydrogens (primary N) is 1. The number of carbonyl (C=O) groups is 1. The Morgan fingerprint density at radius 3 is 2.53 bits per heavy atom. The fourth-order valence-electron chi connectivity index (χ4n) is 1.48. The maximum absolute atomic E-state index is 11.2. The Morgan fingerprint density at radius 1 is 1.37 bits per heavy atom. The molecule has 0 aromatic heterocycles. The zero-order valence-electron chi connectivity index (χ0n) is 10.5. The average Bonchev–Trinajstić information content (AvgIpc) is 2.37. The Hall–Kier alpha value is -2.35. The number of hydrogen-bond donors (Lipinski definition) is 1. The summed E-state index contributed by atoms with van der Waals surface area (Å²) in [5, 5.41) is 11.0. The third kappa shape index (κ3) is 3.32. The highest BCUT2D eigenvalue weighted by molar-refractivity contribution is 5.98. The summed E-state index contributed by atoms with van der Waals surface area (Å²) in [6.45, 7) is 0.508. The summed E-state index contributed by atoms with van der Waals surface area (Å²) in [5.41, 5.74) is 4.34. The molecule has 0 heterocycles. The van der Waals surface area contributed by atoms with E-state index >= 15 is 0 Å². The first-order valence-electron chi connectivity index (χ1n) is 5.29. The zero-order valence-corrected chi connectivity index (χ0v) is 10.5. The summed E-state index contributed by atoms with van der Waals surface area (Å²) in [4.78, 5) is 21.5. The van der Waals surface area contributed by atoms with Gasteiger partial charge in [0.15, 0.2) is 5.75 Å². The second-order valence-corrected chi connectivity index (χ2v) is 3.46. The fourth-order valence-corrected chi connectivity index (χ4v) is 1.48. The van der Waals surface area contributed by atoms with Crippen molar-refractivity contribution in [3.8, 4) is 11.5 Å². The van der Waals surface area contributed by atoms with Crippen LogP contribution in [-0.4, -0.2) is 38.3 Å². The molecule has 0 bridgehead atoms. The monoisotopic (exact) mass is 270 g/mol. The molecule has 0 spiro atoms. The average molecular weight is 270 g/mol. The van der Waals surface area contributed by atoms with Crippen molar-refractivity contribution in [2.45, 2.75) is 0 Å². The van der Waals surface area contributed by atoms with Gasteiger partial charge >= 0.3 is 5.69 Å². The smallest absolute Gasteiger partial charge is 0.327 e. The number of amides is 1. The van der Waals surface area contributed by atoms with E-state index in [-0.39, 0.29) is 23.7 Å². The minimum Gasteiger partial charge on any atom is -0.488 e. The summed E-state index contributed by atoms with van der Waals surface area (Å²) in [7, 11) is 2.75. The molecular formula is C11H14N2O6. The standard InChI is InChI=1S/C11H14N2O6/c1-17-5-6-19-8-4-3-7(11(12)14)9(13(15)16)10(8)18-2/h3-4H,5-6H2,1-2H3,(H2,12,14). The van der Waals surface area contributed by atoms with Crippen molar-refractivity contribution in [3.63, 3.8) is 0 Å². The molecule has 19 heavy (non-hydrogen) atoms. The van der Waals surface area contributed by atoms with Crippen molar-refractivity contribution in [2.24, 2.45) is 5.73 Å². The molecule has 0 saturated heterocycles.